The number of methoxy groups -OCH3 is 1. The highest BCUT2D eigenvalue weighted by atomic mass is 79.9. The molecule has 3 nitrogen and oxygen atoms in total. The van der Waals surface area contributed by atoms with Gasteiger partial charge in [0.2, 0.25) is 0 Å². The van der Waals surface area contributed by atoms with Crippen LogP contribution in [-0.4, -0.2) is 37.6 Å². The monoisotopic (exact) mass is 331 g/mol. The molecule has 0 aromatic heterocycles. The van der Waals surface area contributed by atoms with Gasteiger partial charge in [-0.1, -0.05) is 13.8 Å². The summed E-state index contributed by atoms with van der Waals surface area (Å²) < 4.78 is 18.5. The largest absolute Gasteiger partial charge is 0.383 e. The van der Waals surface area contributed by atoms with Gasteiger partial charge in [0.1, 0.15) is 5.82 Å². The molecule has 0 N–H and O–H groups in total. The molecule has 0 aliphatic heterocycles. The van der Waals surface area contributed by atoms with Crippen LogP contribution >= 0.6 is 15.9 Å². The molecule has 1 amide bonds. The molecule has 0 aliphatic rings. The van der Waals surface area contributed by atoms with Crippen LogP contribution in [0.5, 0.6) is 0 Å². The SMILES string of the molecule is COCCN(CC(C)C)C(=O)c1ccc(F)c(Br)c1. The molecule has 1 aromatic rings. The Morgan fingerprint density at radius 1 is 1.47 bits per heavy atom. The number of halogens is 2. The molecule has 0 bridgehead atoms. The Balaban J connectivity index is 2.87. The van der Waals surface area contributed by atoms with Gasteiger partial charge in [0.05, 0.1) is 11.1 Å². The van der Waals surface area contributed by atoms with Gasteiger partial charge in [-0.2, -0.15) is 0 Å². The van der Waals surface area contributed by atoms with Gasteiger partial charge in [0, 0.05) is 25.8 Å². The molecule has 0 heterocycles. The van der Waals surface area contributed by atoms with Crippen LogP contribution in [-0.2, 0) is 4.74 Å². The van der Waals surface area contributed by atoms with E-state index in [-0.39, 0.29) is 11.7 Å². The molecule has 19 heavy (non-hydrogen) atoms. The van der Waals surface area contributed by atoms with Gasteiger partial charge in [-0.25, -0.2) is 4.39 Å². The number of hydrogen-bond acceptors (Lipinski definition) is 2. The van der Waals surface area contributed by atoms with Crippen molar-refractivity contribution in [2.45, 2.75) is 13.8 Å². The van der Waals surface area contributed by atoms with Gasteiger partial charge in [-0.15, -0.1) is 0 Å². The molecule has 0 spiro atoms. The highest BCUT2D eigenvalue weighted by Crippen LogP contribution is 2.18. The molecule has 0 fully saturated rings. The van der Waals surface area contributed by atoms with Crippen LogP contribution in [0, 0.1) is 11.7 Å². The van der Waals surface area contributed by atoms with Gasteiger partial charge < -0.3 is 9.64 Å². The Bertz CT molecular complexity index is 437. The van der Waals surface area contributed by atoms with E-state index in [1.54, 1.807) is 12.0 Å². The van der Waals surface area contributed by atoms with Crippen LogP contribution in [0.25, 0.3) is 0 Å². The summed E-state index contributed by atoms with van der Waals surface area (Å²) in [5, 5.41) is 0. The van der Waals surface area contributed by atoms with Crippen molar-refractivity contribution in [2.75, 3.05) is 26.8 Å². The Labute approximate surface area is 121 Å². The van der Waals surface area contributed by atoms with E-state index in [1.165, 1.54) is 18.2 Å². The zero-order valence-corrected chi connectivity index (χ0v) is 13.0. The molecule has 1 aromatic carbocycles. The van der Waals surface area contributed by atoms with Crippen LogP contribution < -0.4 is 0 Å². The summed E-state index contributed by atoms with van der Waals surface area (Å²) in [6.45, 7) is 5.77. The van der Waals surface area contributed by atoms with Crippen LogP contribution in [0.3, 0.4) is 0 Å². The Morgan fingerprint density at radius 3 is 2.68 bits per heavy atom. The zero-order valence-electron chi connectivity index (χ0n) is 11.5. The van der Waals surface area contributed by atoms with Crippen molar-refractivity contribution in [1.29, 1.82) is 0 Å². The minimum absolute atomic E-state index is 0.105. The molecule has 106 valence electrons. The predicted molar refractivity (Wildman–Crippen MR) is 76.7 cm³/mol. The Hall–Kier alpha value is -0.940. The van der Waals surface area contributed by atoms with E-state index in [9.17, 15) is 9.18 Å². The smallest absolute Gasteiger partial charge is 0.253 e. The lowest BCUT2D eigenvalue weighted by atomic mass is 10.1. The molecule has 0 unspecified atom stereocenters. The summed E-state index contributed by atoms with van der Waals surface area (Å²) in [5.74, 6) is -0.111. The first-order valence-corrected chi connectivity index (χ1v) is 6.98. The number of nitrogens with zero attached hydrogens (tertiary/aromatic N) is 1. The van der Waals surface area contributed by atoms with E-state index >= 15 is 0 Å². The molecule has 5 heteroatoms. The first kappa shape index (κ1) is 16.1. The molecular formula is C14H19BrFNO2. The second-order valence-electron chi connectivity index (χ2n) is 4.77. The normalized spacial score (nSPS) is 10.8. The molecule has 0 atom stereocenters. The van der Waals surface area contributed by atoms with E-state index in [1.807, 2.05) is 13.8 Å². The summed E-state index contributed by atoms with van der Waals surface area (Å²) in [7, 11) is 1.60. The lowest BCUT2D eigenvalue weighted by molar-refractivity contribution is 0.0672. The number of ether oxygens (including phenoxy) is 1. The lowest BCUT2D eigenvalue weighted by Crippen LogP contribution is -2.36. The molecule has 0 saturated heterocycles. The van der Waals surface area contributed by atoms with Crippen molar-refractivity contribution < 1.29 is 13.9 Å². The van der Waals surface area contributed by atoms with Crippen molar-refractivity contribution in [3.63, 3.8) is 0 Å². The average molecular weight is 332 g/mol. The van der Waals surface area contributed by atoms with Gasteiger partial charge >= 0.3 is 0 Å². The van der Waals surface area contributed by atoms with E-state index in [4.69, 9.17) is 4.74 Å². The summed E-state index contributed by atoms with van der Waals surface area (Å²) in [5.41, 5.74) is 0.477. The van der Waals surface area contributed by atoms with Crippen LogP contribution in [0.2, 0.25) is 0 Å². The van der Waals surface area contributed by atoms with Crippen LogP contribution in [0.1, 0.15) is 24.2 Å². The maximum absolute atomic E-state index is 13.2. The van der Waals surface area contributed by atoms with Crippen molar-refractivity contribution in [3.8, 4) is 0 Å². The van der Waals surface area contributed by atoms with Crippen LogP contribution in [0.15, 0.2) is 22.7 Å². The van der Waals surface area contributed by atoms with Crippen molar-refractivity contribution in [2.24, 2.45) is 5.92 Å². The van der Waals surface area contributed by atoms with E-state index < -0.39 is 0 Å². The van der Waals surface area contributed by atoms with Gasteiger partial charge in [0.15, 0.2) is 0 Å². The number of benzene rings is 1. The third-order valence-corrected chi connectivity index (χ3v) is 3.21. The van der Waals surface area contributed by atoms with Gasteiger partial charge in [-0.3, -0.25) is 4.79 Å². The minimum Gasteiger partial charge on any atom is -0.383 e. The molecular weight excluding hydrogens is 313 g/mol. The van der Waals surface area contributed by atoms with Crippen molar-refractivity contribution in [1.82, 2.24) is 4.90 Å². The second kappa shape index (κ2) is 7.60. The highest BCUT2D eigenvalue weighted by Gasteiger charge is 2.17. The van der Waals surface area contributed by atoms with Crippen molar-refractivity contribution >= 4 is 21.8 Å². The number of carbonyl (C=O) groups is 1. The number of carbonyl (C=O) groups excluding carboxylic acids is 1. The van der Waals surface area contributed by atoms with E-state index in [2.05, 4.69) is 15.9 Å². The maximum atomic E-state index is 13.2. The van der Waals surface area contributed by atoms with Crippen molar-refractivity contribution in [3.05, 3.63) is 34.1 Å². The Kier molecular flexibility index (Phi) is 6.45. The fourth-order valence-corrected chi connectivity index (χ4v) is 2.11. The third-order valence-electron chi connectivity index (χ3n) is 2.60. The number of hydrogen-bond donors (Lipinski definition) is 0. The van der Waals surface area contributed by atoms with Crippen LogP contribution in [0.4, 0.5) is 4.39 Å². The summed E-state index contributed by atoms with van der Waals surface area (Å²) >= 11 is 3.10. The average Bonchev–Trinajstić information content (AvgIpc) is 2.36. The third kappa shape index (κ3) is 4.91. The molecule has 0 aliphatic carbocycles. The Morgan fingerprint density at radius 2 is 2.16 bits per heavy atom. The quantitative estimate of drug-likeness (QED) is 0.800. The van der Waals surface area contributed by atoms with Gasteiger partial charge in [0.25, 0.3) is 5.91 Å². The zero-order chi connectivity index (χ0) is 14.4. The van der Waals surface area contributed by atoms with E-state index in [0.717, 1.165) is 0 Å². The fourth-order valence-electron chi connectivity index (χ4n) is 1.73. The minimum atomic E-state index is -0.371. The highest BCUT2D eigenvalue weighted by molar-refractivity contribution is 9.10. The summed E-state index contributed by atoms with van der Waals surface area (Å²) in [6.07, 6.45) is 0. The number of amides is 1. The summed E-state index contributed by atoms with van der Waals surface area (Å²) in [4.78, 5) is 14.1. The topological polar surface area (TPSA) is 29.5 Å². The fraction of sp³-hybridized carbons (Fsp3) is 0.500. The maximum Gasteiger partial charge on any atom is 0.253 e. The summed E-state index contributed by atoms with van der Waals surface area (Å²) in [6, 6.07) is 4.31. The standard InChI is InChI=1S/C14H19BrFNO2/c1-10(2)9-17(6-7-19-3)14(18)11-4-5-13(16)12(15)8-11/h4-5,8,10H,6-7,9H2,1-3H3. The van der Waals surface area contributed by atoms with E-state index in [0.29, 0.717) is 35.7 Å². The predicted octanol–water partition coefficient (Wildman–Crippen LogP) is 3.33. The second-order valence-corrected chi connectivity index (χ2v) is 5.62. The molecule has 0 radical (unpaired) electrons. The lowest BCUT2D eigenvalue weighted by Gasteiger charge is -2.24. The molecule has 0 saturated carbocycles. The first-order chi connectivity index (χ1) is 8.95. The number of rotatable bonds is 6. The first-order valence-electron chi connectivity index (χ1n) is 6.19. The molecule has 1 rings (SSSR count). The van der Waals surface area contributed by atoms with Gasteiger partial charge in [-0.05, 0) is 40.0 Å².